The van der Waals surface area contributed by atoms with E-state index in [0.717, 1.165) is 5.69 Å². The summed E-state index contributed by atoms with van der Waals surface area (Å²) in [6.07, 6.45) is 3.00. The largest absolute Gasteiger partial charge is 0.477 e. The monoisotopic (exact) mass is 292 g/mol. The van der Waals surface area contributed by atoms with Gasteiger partial charge in [-0.3, -0.25) is 9.98 Å². The molecule has 2 aromatic heterocycles. The molecule has 0 saturated heterocycles. The van der Waals surface area contributed by atoms with Gasteiger partial charge in [0.05, 0.1) is 18.2 Å². The second-order valence-electron chi connectivity index (χ2n) is 4.43. The fourth-order valence-electron chi connectivity index (χ4n) is 2.10. The van der Waals surface area contributed by atoms with Gasteiger partial charge in [0.25, 0.3) is 0 Å². The summed E-state index contributed by atoms with van der Waals surface area (Å²) >= 11 is 0. The highest BCUT2D eigenvalue weighted by molar-refractivity contribution is 6.00. The van der Waals surface area contributed by atoms with Crippen LogP contribution in [0.15, 0.2) is 36.9 Å². The number of nitrogens with one attached hydrogen (secondary N) is 1. The first-order valence-electron chi connectivity index (χ1n) is 6.65. The molecule has 0 bridgehead atoms. The molecule has 1 aromatic carbocycles. The first-order chi connectivity index (χ1) is 10.7. The van der Waals surface area contributed by atoms with E-state index in [-0.39, 0.29) is 5.90 Å². The van der Waals surface area contributed by atoms with Crippen molar-refractivity contribution in [3.05, 3.63) is 48.2 Å². The summed E-state index contributed by atoms with van der Waals surface area (Å²) in [5.74, 6) is -0.0278. The van der Waals surface area contributed by atoms with E-state index in [2.05, 4.69) is 21.0 Å². The van der Waals surface area contributed by atoms with E-state index in [1.165, 1.54) is 6.33 Å². The van der Waals surface area contributed by atoms with Crippen LogP contribution in [0.3, 0.4) is 0 Å². The zero-order valence-electron chi connectivity index (χ0n) is 11.8. The van der Waals surface area contributed by atoms with Gasteiger partial charge in [0.2, 0.25) is 5.90 Å². The Labute approximate surface area is 126 Å². The van der Waals surface area contributed by atoms with Crippen molar-refractivity contribution in [2.75, 3.05) is 6.61 Å². The third-order valence-corrected chi connectivity index (χ3v) is 3.11. The molecule has 0 atom stereocenters. The Hall–Kier alpha value is -3.27. The average molecular weight is 292 g/mol. The highest BCUT2D eigenvalue weighted by Gasteiger charge is 2.15. The van der Waals surface area contributed by atoms with Crippen molar-refractivity contribution in [2.24, 2.45) is 0 Å². The first kappa shape index (κ1) is 13.7. The molecule has 7 heteroatoms. The molecule has 0 unspecified atom stereocenters. The van der Waals surface area contributed by atoms with Crippen molar-refractivity contribution in [1.82, 2.24) is 19.5 Å². The Kier molecular flexibility index (Phi) is 3.50. The summed E-state index contributed by atoms with van der Waals surface area (Å²) < 4.78 is 6.97. The van der Waals surface area contributed by atoms with Gasteiger partial charge < -0.3 is 4.74 Å². The summed E-state index contributed by atoms with van der Waals surface area (Å²) in [4.78, 5) is 12.6. The lowest BCUT2D eigenvalue weighted by Gasteiger charge is -2.05. The molecule has 0 aliphatic rings. The van der Waals surface area contributed by atoms with Crippen LogP contribution < -0.4 is 0 Å². The second-order valence-corrected chi connectivity index (χ2v) is 4.43. The Morgan fingerprint density at radius 2 is 2.05 bits per heavy atom. The first-order valence-corrected chi connectivity index (χ1v) is 6.65. The van der Waals surface area contributed by atoms with Gasteiger partial charge in [-0.25, -0.2) is 15.0 Å². The number of benzene rings is 1. The van der Waals surface area contributed by atoms with Crippen molar-refractivity contribution in [3.8, 4) is 11.8 Å². The van der Waals surface area contributed by atoms with E-state index in [0.29, 0.717) is 29.0 Å². The number of hydrogen-bond acceptors (Lipinski definition) is 6. The molecular weight excluding hydrogens is 280 g/mol. The molecule has 0 spiro atoms. The van der Waals surface area contributed by atoms with E-state index in [1.54, 1.807) is 23.0 Å². The van der Waals surface area contributed by atoms with Gasteiger partial charge in [-0.1, -0.05) is 0 Å². The maximum Gasteiger partial charge on any atom is 0.234 e. The van der Waals surface area contributed by atoms with Crippen molar-refractivity contribution in [3.63, 3.8) is 0 Å². The van der Waals surface area contributed by atoms with Crippen molar-refractivity contribution in [1.29, 1.82) is 10.7 Å². The standard InChI is InChI=1S/C15H12N6O/c1-2-22-14(17)12-13-15(19-8-18-12)21(9-20-13)11-5-3-10(7-16)4-6-11/h3-6,8-9,17H,2H2,1H3. The Morgan fingerprint density at radius 1 is 1.27 bits per heavy atom. The third-order valence-electron chi connectivity index (χ3n) is 3.11. The van der Waals surface area contributed by atoms with Crippen molar-refractivity contribution in [2.45, 2.75) is 6.92 Å². The van der Waals surface area contributed by atoms with Crippen LogP contribution in [0.5, 0.6) is 0 Å². The number of nitriles is 1. The number of fused-ring (bicyclic) bond motifs is 1. The predicted molar refractivity (Wildman–Crippen MR) is 79.8 cm³/mol. The summed E-state index contributed by atoms with van der Waals surface area (Å²) in [5.41, 5.74) is 2.86. The molecule has 2 heterocycles. The maximum absolute atomic E-state index is 8.85. The normalized spacial score (nSPS) is 10.4. The number of nitrogens with zero attached hydrogens (tertiary/aromatic N) is 5. The molecule has 7 nitrogen and oxygen atoms in total. The van der Waals surface area contributed by atoms with Gasteiger partial charge in [-0.2, -0.15) is 5.26 Å². The van der Waals surface area contributed by atoms with Crippen LogP contribution in [0.2, 0.25) is 0 Å². The minimum atomic E-state index is -0.0278. The molecular formula is C15H12N6O. The predicted octanol–water partition coefficient (Wildman–Crippen LogP) is 2.05. The molecule has 0 saturated carbocycles. The molecule has 3 rings (SSSR count). The fraction of sp³-hybridized carbons (Fsp3) is 0.133. The zero-order chi connectivity index (χ0) is 15.5. The highest BCUT2D eigenvalue weighted by Crippen LogP contribution is 2.18. The van der Waals surface area contributed by atoms with Crippen LogP contribution in [-0.4, -0.2) is 32.0 Å². The molecule has 0 radical (unpaired) electrons. The SMILES string of the molecule is CCOC(=N)c1ncnc2c1ncn2-c1ccc(C#N)cc1. The Bertz CT molecular complexity index is 875. The van der Waals surface area contributed by atoms with Crippen LogP contribution >= 0.6 is 0 Å². The summed E-state index contributed by atoms with van der Waals surface area (Å²) in [6.45, 7) is 2.20. The Balaban J connectivity index is 2.11. The lowest BCUT2D eigenvalue weighted by molar-refractivity contribution is 0.325. The lowest BCUT2D eigenvalue weighted by atomic mass is 10.2. The molecule has 0 amide bonds. The molecule has 108 valence electrons. The van der Waals surface area contributed by atoms with E-state index < -0.39 is 0 Å². The third kappa shape index (κ3) is 2.27. The zero-order valence-corrected chi connectivity index (χ0v) is 11.8. The number of hydrogen-bond donors (Lipinski definition) is 1. The van der Waals surface area contributed by atoms with E-state index in [9.17, 15) is 0 Å². The Morgan fingerprint density at radius 3 is 2.73 bits per heavy atom. The summed E-state index contributed by atoms with van der Waals surface area (Å²) in [7, 11) is 0. The molecule has 0 aliphatic heterocycles. The van der Waals surface area contributed by atoms with Crippen LogP contribution in [0.4, 0.5) is 0 Å². The van der Waals surface area contributed by atoms with Gasteiger partial charge in [0.15, 0.2) is 11.3 Å². The van der Waals surface area contributed by atoms with Gasteiger partial charge >= 0.3 is 0 Å². The smallest absolute Gasteiger partial charge is 0.234 e. The average Bonchev–Trinajstić information content (AvgIpc) is 2.99. The van der Waals surface area contributed by atoms with Gasteiger partial charge in [-0.05, 0) is 31.2 Å². The molecule has 3 aromatic rings. The lowest BCUT2D eigenvalue weighted by Crippen LogP contribution is -2.08. The van der Waals surface area contributed by atoms with Gasteiger partial charge in [0, 0.05) is 5.69 Å². The minimum absolute atomic E-state index is 0.0278. The van der Waals surface area contributed by atoms with Crippen LogP contribution in [0.25, 0.3) is 16.9 Å². The van der Waals surface area contributed by atoms with E-state index in [4.69, 9.17) is 15.4 Å². The van der Waals surface area contributed by atoms with Crippen LogP contribution in [-0.2, 0) is 4.74 Å². The maximum atomic E-state index is 8.85. The topological polar surface area (TPSA) is 100 Å². The second kappa shape index (κ2) is 5.61. The van der Waals surface area contributed by atoms with Crippen molar-refractivity contribution >= 4 is 17.1 Å². The molecule has 0 aliphatic carbocycles. The summed E-state index contributed by atoms with van der Waals surface area (Å²) in [6, 6.07) is 9.16. The van der Waals surface area contributed by atoms with Gasteiger partial charge in [-0.15, -0.1) is 0 Å². The summed E-state index contributed by atoms with van der Waals surface area (Å²) in [5, 5.41) is 16.7. The number of aromatic nitrogens is 4. The number of imidazole rings is 1. The van der Waals surface area contributed by atoms with E-state index >= 15 is 0 Å². The number of ether oxygens (including phenoxy) is 1. The quantitative estimate of drug-likeness (QED) is 0.588. The number of rotatable bonds is 3. The molecule has 22 heavy (non-hydrogen) atoms. The van der Waals surface area contributed by atoms with E-state index in [1.807, 2.05) is 19.1 Å². The molecule has 1 N–H and O–H groups in total. The molecule has 0 fully saturated rings. The van der Waals surface area contributed by atoms with Crippen LogP contribution in [0.1, 0.15) is 18.2 Å². The van der Waals surface area contributed by atoms with Gasteiger partial charge in [0.1, 0.15) is 18.2 Å². The highest BCUT2D eigenvalue weighted by atomic mass is 16.5. The van der Waals surface area contributed by atoms with Crippen LogP contribution in [0, 0.1) is 16.7 Å². The van der Waals surface area contributed by atoms with Crippen molar-refractivity contribution < 1.29 is 4.74 Å². The fourth-order valence-corrected chi connectivity index (χ4v) is 2.10. The minimum Gasteiger partial charge on any atom is -0.477 e.